The monoisotopic (exact) mass is 601 g/mol. The molecule has 0 fully saturated rings. The number of carbonyl (C=O) groups is 3. The van der Waals surface area contributed by atoms with Gasteiger partial charge in [0, 0.05) is 0 Å². The third-order valence-corrected chi connectivity index (χ3v) is 10.2. The first-order chi connectivity index (χ1) is 19.5. The fraction of sp³-hybridized carbons (Fsp3) is 0.312. The highest BCUT2D eigenvalue weighted by molar-refractivity contribution is 7.96. The number of halogens is 3. The molecule has 1 N–H and O–H groups in total. The molecule has 0 saturated heterocycles. The van der Waals surface area contributed by atoms with Crippen molar-refractivity contribution in [2.45, 2.75) is 65.0 Å². The average molecular weight is 602 g/mol. The smallest absolute Gasteiger partial charge is 0.458 e. The summed E-state index contributed by atoms with van der Waals surface area (Å²) in [6.45, 7) is 5.89. The number of amides is 1. The van der Waals surface area contributed by atoms with Crippen molar-refractivity contribution < 1.29 is 37.0 Å². The van der Waals surface area contributed by atoms with E-state index >= 15 is 0 Å². The van der Waals surface area contributed by atoms with E-state index in [2.05, 4.69) is 0 Å². The molecular weight excluding hydrogens is 566 g/mol. The van der Waals surface area contributed by atoms with Crippen LogP contribution in [0.4, 0.5) is 13.2 Å². The Labute approximate surface area is 244 Å². The van der Waals surface area contributed by atoms with Crippen LogP contribution in [0.15, 0.2) is 91.0 Å². The van der Waals surface area contributed by atoms with Crippen molar-refractivity contribution in [1.29, 1.82) is 0 Å². The van der Waals surface area contributed by atoms with Gasteiger partial charge in [0.25, 0.3) is 0 Å². The Balaban J connectivity index is 2.68. The van der Waals surface area contributed by atoms with Crippen molar-refractivity contribution in [3.8, 4) is 0 Å². The predicted octanol–water partition coefficient (Wildman–Crippen LogP) is 4.88. The maximum Gasteiger partial charge on any atom is 0.471 e. The van der Waals surface area contributed by atoms with Crippen LogP contribution < -0.4 is 21.2 Å². The summed E-state index contributed by atoms with van der Waals surface area (Å²) in [7, 11) is 0. The number of ether oxygens (including phenoxy) is 2. The molecule has 42 heavy (non-hydrogen) atoms. The summed E-state index contributed by atoms with van der Waals surface area (Å²) in [5, 5.41) is 3.12. The SMILES string of the molecule is CC(C)(C)OC(=O)C(C(NC(=O)C(F)(F)F)C(=O)OC(C)(C)C)=P(c1ccccc1)(c1ccccc1)c1ccccc1. The summed E-state index contributed by atoms with van der Waals surface area (Å²) in [5.41, 5.74) is -2.26. The van der Waals surface area contributed by atoms with Crippen molar-refractivity contribution in [3.63, 3.8) is 0 Å². The molecule has 3 aromatic rings. The summed E-state index contributed by atoms with van der Waals surface area (Å²) < 4.78 is 52.5. The third-order valence-electron chi connectivity index (χ3n) is 5.85. The number of benzene rings is 3. The molecule has 0 heterocycles. The van der Waals surface area contributed by atoms with Gasteiger partial charge in [-0.2, -0.15) is 13.2 Å². The van der Waals surface area contributed by atoms with Crippen LogP contribution in [-0.2, 0) is 23.9 Å². The Morgan fingerprint density at radius 1 is 0.643 bits per heavy atom. The first-order valence-electron chi connectivity index (χ1n) is 13.2. The molecule has 224 valence electrons. The number of alkyl halides is 3. The maximum absolute atomic E-state index is 14.4. The zero-order valence-corrected chi connectivity index (χ0v) is 25.3. The standard InChI is InChI=1S/C32H35F3NO5P/c1-30(2,3)40-27(37)25(36-29(39)32(33,34)35)26(28(38)41-31(4,5)6)42(22-16-10-7-11-17-22,23-18-12-8-13-19-23)24-20-14-9-15-21-24/h7-21,25H,1-6H3,(H,36,39). The van der Waals surface area contributed by atoms with Crippen LogP contribution in [0.5, 0.6) is 0 Å². The molecule has 0 aromatic heterocycles. The Kier molecular flexibility index (Phi) is 9.78. The minimum absolute atomic E-state index is 0.354. The normalized spacial score (nSPS) is 13.1. The molecule has 0 aliphatic heterocycles. The van der Waals surface area contributed by atoms with Crippen LogP contribution in [-0.4, -0.2) is 46.6 Å². The minimum atomic E-state index is -5.35. The highest BCUT2D eigenvalue weighted by Crippen LogP contribution is 2.47. The largest absolute Gasteiger partial charge is 0.471 e. The van der Waals surface area contributed by atoms with Crippen LogP contribution in [0, 0.1) is 0 Å². The molecule has 10 heteroatoms. The van der Waals surface area contributed by atoms with Gasteiger partial charge in [-0.3, -0.25) is 4.79 Å². The molecule has 0 aliphatic rings. The number of hydrogen-bond acceptors (Lipinski definition) is 5. The molecule has 1 atom stereocenters. The molecular formula is C32H35F3NO5P. The lowest BCUT2D eigenvalue weighted by atomic mass is 10.1. The summed E-state index contributed by atoms with van der Waals surface area (Å²) in [6.07, 6.45) is -5.35. The fourth-order valence-corrected chi connectivity index (χ4v) is 8.87. The third kappa shape index (κ3) is 7.71. The van der Waals surface area contributed by atoms with Gasteiger partial charge < -0.3 is 14.8 Å². The van der Waals surface area contributed by atoms with Crippen LogP contribution >= 0.6 is 6.89 Å². The number of esters is 2. The lowest BCUT2D eigenvalue weighted by molar-refractivity contribution is -0.176. The van der Waals surface area contributed by atoms with Crippen LogP contribution in [0.1, 0.15) is 41.5 Å². The first-order valence-corrected chi connectivity index (χ1v) is 15.0. The van der Waals surface area contributed by atoms with Gasteiger partial charge in [0.2, 0.25) is 0 Å². The minimum Gasteiger partial charge on any atom is -0.458 e. The number of carbonyl (C=O) groups excluding carboxylic acids is 3. The molecule has 0 saturated carbocycles. The molecule has 0 aliphatic carbocycles. The Morgan fingerprint density at radius 3 is 1.31 bits per heavy atom. The van der Waals surface area contributed by atoms with E-state index in [0.717, 1.165) is 0 Å². The lowest BCUT2D eigenvalue weighted by Crippen LogP contribution is -2.57. The van der Waals surface area contributed by atoms with Crippen LogP contribution in [0.25, 0.3) is 0 Å². The van der Waals surface area contributed by atoms with Crippen molar-refractivity contribution in [2.24, 2.45) is 0 Å². The van der Waals surface area contributed by atoms with Crippen molar-refractivity contribution in [2.75, 3.05) is 0 Å². The van der Waals surface area contributed by atoms with Gasteiger partial charge in [-0.25, -0.2) is 9.59 Å². The van der Waals surface area contributed by atoms with Crippen LogP contribution in [0.3, 0.4) is 0 Å². The second kappa shape index (κ2) is 12.6. The number of rotatable bonds is 7. The summed E-state index contributed by atoms with van der Waals surface area (Å²) in [4.78, 5) is 40.8. The topological polar surface area (TPSA) is 81.7 Å². The fourth-order valence-electron chi connectivity index (χ4n) is 4.41. The molecule has 3 rings (SSSR count). The summed E-state index contributed by atoms with van der Waals surface area (Å²) in [5.74, 6) is -4.66. The van der Waals surface area contributed by atoms with Gasteiger partial charge in [-0.1, -0.05) is 91.0 Å². The molecule has 3 aromatic carbocycles. The molecule has 0 bridgehead atoms. The molecule has 6 nitrogen and oxygen atoms in total. The zero-order valence-electron chi connectivity index (χ0n) is 24.4. The Bertz CT molecular complexity index is 1360. The van der Waals surface area contributed by atoms with Gasteiger partial charge in [0.1, 0.15) is 11.2 Å². The Morgan fingerprint density at radius 2 is 1.00 bits per heavy atom. The lowest BCUT2D eigenvalue weighted by Gasteiger charge is -2.36. The highest BCUT2D eigenvalue weighted by Gasteiger charge is 2.48. The van der Waals surface area contributed by atoms with Crippen LogP contribution in [0.2, 0.25) is 0 Å². The molecule has 1 unspecified atom stereocenters. The molecule has 1 amide bonds. The van der Waals surface area contributed by atoms with Gasteiger partial charge in [0.15, 0.2) is 6.04 Å². The van der Waals surface area contributed by atoms with E-state index in [0.29, 0.717) is 15.9 Å². The quantitative estimate of drug-likeness (QED) is 0.309. The second-order valence-corrected chi connectivity index (χ2v) is 14.9. The Hall–Kier alpha value is -3.84. The van der Waals surface area contributed by atoms with E-state index in [4.69, 9.17) is 9.47 Å². The van der Waals surface area contributed by atoms with E-state index in [9.17, 15) is 27.6 Å². The highest BCUT2D eigenvalue weighted by atomic mass is 31.2. The van der Waals surface area contributed by atoms with E-state index in [1.807, 2.05) is 5.32 Å². The van der Waals surface area contributed by atoms with Gasteiger partial charge in [-0.15, -0.1) is 0 Å². The average Bonchev–Trinajstić information content (AvgIpc) is 2.89. The van der Waals surface area contributed by atoms with Crippen molar-refractivity contribution in [1.82, 2.24) is 5.32 Å². The zero-order chi connectivity index (χ0) is 31.3. The molecule has 0 spiro atoms. The van der Waals surface area contributed by atoms with Crippen molar-refractivity contribution in [3.05, 3.63) is 91.0 Å². The number of nitrogens with one attached hydrogen (secondary N) is 1. The van der Waals surface area contributed by atoms with Gasteiger partial charge >= 0.3 is 24.0 Å². The van der Waals surface area contributed by atoms with Gasteiger partial charge in [-0.05, 0) is 64.3 Å². The second-order valence-electron chi connectivity index (χ2n) is 11.5. The maximum atomic E-state index is 14.4. The van der Waals surface area contributed by atoms with E-state index in [1.54, 1.807) is 112 Å². The number of hydrogen-bond donors (Lipinski definition) is 1. The summed E-state index contributed by atoms with van der Waals surface area (Å²) >= 11 is 0. The van der Waals surface area contributed by atoms with Gasteiger partial charge in [0.05, 0.1) is 5.29 Å². The van der Waals surface area contributed by atoms with E-state index in [-0.39, 0.29) is 5.29 Å². The summed E-state index contributed by atoms with van der Waals surface area (Å²) in [6, 6.07) is 24.0. The first kappa shape index (κ1) is 32.7. The predicted molar refractivity (Wildman–Crippen MR) is 160 cm³/mol. The van der Waals surface area contributed by atoms with E-state index < -0.39 is 48.2 Å². The van der Waals surface area contributed by atoms with Crippen molar-refractivity contribution >= 4 is 45.9 Å². The van der Waals surface area contributed by atoms with E-state index in [1.165, 1.54) is 20.8 Å². The molecule has 0 radical (unpaired) electrons.